The molecule has 0 atom stereocenters. The van der Waals surface area contributed by atoms with E-state index in [0.717, 1.165) is 23.4 Å². The first kappa shape index (κ1) is 19.8. The minimum absolute atomic E-state index is 0.195. The van der Waals surface area contributed by atoms with E-state index in [9.17, 15) is 13.6 Å². The molecule has 0 spiro atoms. The Balaban J connectivity index is 1.68. The fourth-order valence-corrected chi connectivity index (χ4v) is 2.93. The number of halogens is 3. The van der Waals surface area contributed by atoms with Crippen molar-refractivity contribution < 1.29 is 18.3 Å². The Morgan fingerprint density at radius 1 is 1.21 bits per heavy atom. The molecule has 1 heterocycles. The number of aromatic nitrogens is 2. The Labute approximate surface area is 165 Å². The molecule has 146 valence electrons. The summed E-state index contributed by atoms with van der Waals surface area (Å²) in [6.45, 7) is 3.63. The number of hydrogen-bond acceptors (Lipinski definition) is 3. The van der Waals surface area contributed by atoms with E-state index in [4.69, 9.17) is 16.3 Å². The molecule has 1 aromatic heterocycles. The molecule has 0 saturated carbocycles. The van der Waals surface area contributed by atoms with Crippen molar-refractivity contribution in [1.82, 2.24) is 9.78 Å². The normalized spacial score (nSPS) is 10.8. The Morgan fingerprint density at radius 2 is 1.96 bits per heavy atom. The highest BCUT2D eigenvalue weighted by atomic mass is 35.5. The average Bonchev–Trinajstić information content (AvgIpc) is 2.90. The number of benzene rings is 2. The van der Waals surface area contributed by atoms with Crippen molar-refractivity contribution in [2.75, 3.05) is 11.9 Å². The van der Waals surface area contributed by atoms with Crippen molar-refractivity contribution in [2.24, 2.45) is 0 Å². The molecule has 28 heavy (non-hydrogen) atoms. The van der Waals surface area contributed by atoms with Crippen molar-refractivity contribution in [2.45, 2.75) is 20.4 Å². The van der Waals surface area contributed by atoms with Gasteiger partial charge in [-0.3, -0.25) is 9.48 Å². The van der Waals surface area contributed by atoms with Crippen LogP contribution >= 0.6 is 11.6 Å². The van der Waals surface area contributed by atoms with Crippen molar-refractivity contribution in [3.05, 3.63) is 76.1 Å². The summed E-state index contributed by atoms with van der Waals surface area (Å²) in [5.74, 6) is -2.26. The van der Waals surface area contributed by atoms with Gasteiger partial charge in [-0.1, -0.05) is 29.8 Å². The topological polar surface area (TPSA) is 56.2 Å². The lowest BCUT2D eigenvalue weighted by Gasteiger charge is -2.09. The van der Waals surface area contributed by atoms with Crippen molar-refractivity contribution in [1.29, 1.82) is 0 Å². The zero-order valence-corrected chi connectivity index (χ0v) is 16.1. The molecule has 0 aliphatic carbocycles. The summed E-state index contributed by atoms with van der Waals surface area (Å²) in [7, 11) is 0. The average molecular weight is 406 g/mol. The molecule has 8 heteroatoms. The highest BCUT2D eigenvalue weighted by Crippen LogP contribution is 2.23. The quantitative estimate of drug-likeness (QED) is 0.657. The number of carbonyl (C=O) groups is 1. The van der Waals surface area contributed by atoms with E-state index in [-0.39, 0.29) is 5.75 Å². The fraction of sp³-hybridized carbons (Fsp3) is 0.200. The molecular formula is C20H18ClF2N3O2. The van der Waals surface area contributed by atoms with Gasteiger partial charge in [0.15, 0.2) is 18.2 Å². The Morgan fingerprint density at radius 3 is 2.68 bits per heavy atom. The summed E-state index contributed by atoms with van der Waals surface area (Å²) < 4.78 is 33.4. The van der Waals surface area contributed by atoms with E-state index < -0.39 is 24.1 Å². The van der Waals surface area contributed by atoms with E-state index in [2.05, 4.69) is 10.4 Å². The third kappa shape index (κ3) is 4.48. The van der Waals surface area contributed by atoms with Crippen molar-refractivity contribution in [3.8, 4) is 5.75 Å². The van der Waals surface area contributed by atoms with Crippen LogP contribution in [0.3, 0.4) is 0 Å². The Hall–Kier alpha value is -2.93. The second kappa shape index (κ2) is 8.39. The number of ether oxygens (including phenoxy) is 1. The lowest BCUT2D eigenvalue weighted by atomic mass is 10.2. The smallest absolute Gasteiger partial charge is 0.262 e. The summed E-state index contributed by atoms with van der Waals surface area (Å²) in [5, 5.41) is 7.80. The van der Waals surface area contributed by atoms with Gasteiger partial charge in [0, 0.05) is 11.1 Å². The van der Waals surface area contributed by atoms with Crippen LogP contribution in [0.5, 0.6) is 5.75 Å². The van der Waals surface area contributed by atoms with E-state index in [1.807, 2.05) is 25.1 Å². The zero-order valence-electron chi connectivity index (χ0n) is 15.3. The van der Waals surface area contributed by atoms with Gasteiger partial charge in [0.05, 0.1) is 23.6 Å². The van der Waals surface area contributed by atoms with Crippen LogP contribution in [0.15, 0.2) is 42.5 Å². The van der Waals surface area contributed by atoms with Crippen LogP contribution in [-0.2, 0) is 11.3 Å². The van der Waals surface area contributed by atoms with Gasteiger partial charge >= 0.3 is 0 Å². The Kier molecular flexibility index (Phi) is 5.94. The number of rotatable bonds is 6. The number of aryl methyl sites for hydroxylation is 1. The summed E-state index contributed by atoms with van der Waals surface area (Å²) in [6.07, 6.45) is 0. The van der Waals surface area contributed by atoms with Crippen molar-refractivity contribution >= 4 is 23.2 Å². The zero-order chi connectivity index (χ0) is 20.3. The molecule has 1 amide bonds. The van der Waals surface area contributed by atoms with Crippen LogP contribution in [0, 0.1) is 25.5 Å². The molecule has 0 aliphatic rings. The molecular weight excluding hydrogens is 388 g/mol. The monoisotopic (exact) mass is 405 g/mol. The molecule has 2 aromatic carbocycles. The highest BCUT2D eigenvalue weighted by Gasteiger charge is 2.16. The first-order valence-electron chi connectivity index (χ1n) is 8.50. The van der Waals surface area contributed by atoms with Gasteiger partial charge in [0.1, 0.15) is 5.82 Å². The van der Waals surface area contributed by atoms with E-state index in [1.54, 1.807) is 17.7 Å². The number of hydrogen-bond donors (Lipinski definition) is 1. The third-order valence-corrected chi connectivity index (χ3v) is 4.55. The molecule has 0 fully saturated rings. The van der Waals surface area contributed by atoms with Gasteiger partial charge in [0.2, 0.25) is 0 Å². The van der Waals surface area contributed by atoms with Crippen LogP contribution in [0.2, 0.25) is 5.02 Å². The maximum Gasteiger partial charge on any atom is 0.262 e. The molecule has 0 bridgehead atoms. The molecule has 0 radical (unpaired) electrons. The maximum absolute atomic E-state index is 13.6. The number of carbonyl (C=O) groups excluding carboxylic acids is 1. The first-order valence-corrected chi connectivity index (χ1v) is 8.88. The van der Waals surface area contributed by atoms with Gasteiger partial charge < -0.3 is 10.1 Å². The van der Waals surface area contributed by atoms with Gasteiger partial charge in [-0.05, 0) is 37.6 Å². The predicted molar refractivity (Wildman–Crippen MR) is 103 cm³/mol. The number of anilines is 1. The predicted octanol–water partition coefficient (Wildman–Crippen LogP) is 4.50. The second-order valence-corrected chi connectivity index (χ2v) is 6.61. The molecule has 0 aliphatic heterocycles. The summed E-state index contributed by atoms with van der Waals surface area (Å²) in [6, 6.07) is 10.3. The minimum atomic E-state index is -0.868. The fourth-order valence-electron chi connectivity index (χ4n) is 2.73. The number of nitrogens with zero attached hydrogens (tertiary/aromatic N) is 2. The van der Waals surface area contributed by atoms with Gasteiger partial charge in [-0.25, -0.2) is 8.78 Å². The van der Waals surface area contributed by atoms with E-state index in [1.165, 1.54) is 0 Å². The van der Waals surface area contributed by atoms with Crippen LogP contribution in [0.25, 0.3) is 0 Å². The second-order valence-electron chi connectivity index (χ2n) is 6.21. The lowest BCUT2D eigenvalue weighted by molar-refractivity contribution is -0.118. The molecule has 3 rings (SSSR count). The SMILES string of the molecule is Cc1nn(Cc2ccccc2Cl)c(C)c1NC(=O)COc1ccc(F)cc1F. The first-order chi connectivity index (χ1) is 13.3. The number of nitrogens with one attached hydrogen (secondary N) is 1. The molecule has 0 unspecified atom stereocenters. The van der Waals surface area contributed by atoms with E-state index >= 15 is 0 Å². The molecule has 5 nitrogen and oxygen atoms in total. The number of amides is 1. The Bertz CT molecular complexity index is 1020. The summed E-state index contributed by atoms with van der Waals surface area (Å²) in [5.41, 5.74) is 2.84. The van der Waals surface area contributed by atoms with Crippen LogP contribution in [0.1, 0.15) is 17.0 Å². The van der Waals surface area contributed by atoms with Gasteiger partial charge in [-0.2, -0.15) is 5.10 Å². The van der Waals surface area contributed by atoms with E-state index in [0.29, 0.717) is 29.0 Å². The standard InChI is InChI=1S/C20H18ClF2N3O2/c1-12-20(13(2)26(25-12)10-14-5-3-4-6-16(14)21)24-19(27)11-28-18-8-7-15(22)9-17(18)23/h3-9H,10-11H2,1-2H3,(H,24,27). The largest absolute Gasteiger partial charge is 0.481 e. The minimum Gasteiger partial charge on any atom is -0.481 e. The molecule has 1 N–H and O–H groups in total. The van der Waals surface area contributed by atoms with Crippen molar-refractivity contribution in [3.63, 3.8) is 0 Å². The lowest BCUT2D eigenvalue weighted by Crippen LogP contribution is -2.21. The van der Waals surface area contributed by atoms with Gasteiger partial charge in [0.25, 0.3) is 5.91 Å². The maximum atomic E-state index is 13.6. The van der Waals surface area contributed by atoms with Crippen LogP contribution in [0.4, 0.5) is 14.5 Å². The van der Waals surface area contributed by atoms with Crippen LogP contribution in [-0.4, -0.2) is 22.3 Å². The highest BCUT2D eigenvalue weighted by molar-refractivity contribution is 6.31. The van der Waals surface area contributed by atoms with Crippen LogP contribution < -0.4 is 10.1 Å². The molecule has 3 aromatic rings. The summed E-state index contributed by atoms with van der Waals surface area (Å²) in [4.78, 5) is 12.2. The third-order valence-electron chi connectivity index (χ3n) is 4.18. The van der Waals surface area contributed by atoms with Gasteiger partial charge in [-0.15, -0.1) is 0 Å². The molecule has 0 saturated heterocycles. The summed E-state index contributed by atoms with van der Waals surface area (Å²) >= 11 is 6.20.